The molecular formula is C21H40N4O5. The number of aliphatic imine (C=N–C) groups is 1. The number of unbranched alkanes of at least 4 members (excludes halogenated alkanes) is 2. The molecule has 0 aromatic rings. The van der Waals surface area contributed by atoms with Gasteiger partial charge in [-0.05, 0) is 54.4 Å². The largest absolute Gasteiger partial charge is 0.469 e. The highest BCUT2D eigenvalue weighted by atomic mass is 16.6. The molecule has 1 saturated heterocycles. The Morgan fingerprint density at radius 1 is 1.17 bits per heavy atom. The van der Waals surface area contributed by atoms with E-state index < -0.39 is 17.4 Å². The molecule has 9 nitrogen and oxygen atoms in total. The molecule has 1 heterocycles. The van der Waals surface area contributed by atoms with Crippen LogP contribution in [-0.4, -0.2) is 73.6 Å². The van der Waals surface area contributed by atoms with Crippen molar-refractivity contribution in [2.45, 2.75) is 90.7 Å². The Labute approximate surface area is 180 Å². The highest BCUT2D eigenvalue weighted by molar-refractivity contribution is 5.79. The zero-order valence-electron chi connectivity index (χ0n) is 19.8. The van der Waals surface area contributed by atoms with Crippen molar-refractivity contribution in [2.24, 2.45) is 4.99 Å². The maximum Gasteiger partial charge on any atom is 0.412 e. The lowest BCUT2D eigenvalue weighted by molar-refractivity contribution is -0.140. The lowest BCUT2D eigenvalue weighted by atomic mass is 10.1. The van der Waals surface area contributed by atoms with Crippen LogP contribution in [0.1, 0.15) is 67.2 Å². The van der Waals surface area contributed by atoms with E-state index in [1.165, 1.54) is 7.11 Å². The van der Waals surface area contributed by atoms with Gasteiger partial charge in [-0.2, -0.15) is 0 Å². The van der Waals surface area contributed by atoms with Crippen molar-refractivity contribution in [3.8, 4) is 0 Å². The van der Waals surface area contributed by atoms with Crippen LogP contribution in [0, 0.1) is 0 Å². The third-order valence-electron chi connectivity index (χ3n) is 4.80. The average molecular weight is 429 g/mol. The summed E-state index contributed by atoms with van der Waals surface area (Å²) in [5.74, 6) is 0.481. The van der Waals surface area contributed by atoms with Gasteiger partial charge in [0.2, 0.25) is 0 Å². The third-order valence-corrected chi connectivity index (χ3v) is 4.80. The quantitative estimate of drug-likeness (QED) is 0.265. The van der Waals surface area contributed by atoms with Crippen molar-refractivity contribution in [3.63, 3.8) is 0 Å². The van der Waals surface area contributed by atoms with Crippen LogP contribution in [0.3, 0.4) is 0 Å². The Hall–Kier alpha value is -2.03. The second-order valence-corrected chi connectivity index (χ2v) is 8.95. The zero-order valence-corrected chi connectivity index (χ0v) is 19.8. The molecule has 2 atom stereocenters. The van der Waals surface area contributed by atoms with Gasteiger partial charge < -0.3 is 24.8 Å². The number of methoxy groups -OCH3 is 1. The van der Waals surface area contributed by atoms with Crippen LogP contribution in [0.25, 0.3) is 0 Å². The fourth-order valence-corrected chi connectivity index (χ4v) is 3.42. The molecule has 0 bridgehead atoms. The lowest BCUT2D eigenvalue weighted by Gasteiger charge is -2.35. The summed E-state index contributed by atoms with van der Waals surface area (Å²) in [6, 6.07) is -0.201. The van der Waals surface area contributed by atoms with Crippen LogP contribution in [0.15, 0.2) is 4.99 Å². The number of carbonyl (C=O) groups is 2. The minimum atomic E-state index is -0.759. The number of carbonyl (C=O) groups excluding carboxylic acids is 2. The van der Waals surface area contributed by atoms with Crippen LogP contribution in [0.4, 0.5) is 4.79 Å². The first-order valence-electron chi connectivity index (χ1n) is 10.6. The van der Waals surface area contributed by atoms with E-state index in [0.717, 1.165) is 25.8 Å². The molecule has 0 spiro atoms. The molecule has 1 aliphatic heterocycles. The van der Waals surface area contributed by atoms with Gasteiger partial charge in [-0.15, -0.1) is 0 Å². The summed E-state index contributed by atoms with van der Waals surface area (Å²) >= 11 is 0. The summed E-state index contributed by atoms with van der Waals surface area (Å²) in [4.78, 5) is 29.8. The summed E-state index contributed by atoms with van der Waals surface area (Å²) in [6.07, 6.45) is 2.54. The molecule has 1 amide bonds. The van der Waals surface area contributed by atoms with Crippen LogP contribution >= 0.6 is 0 Å². The number of esters is 1. The van der Waals surface area contributed by atoms with E-state index in [0.29, 0.717) is 18.9 Å². The first-order valence-corrected chi connectivity index (χ1v) is 10.6. The average Bonchev–Trinajstić information content (AvgIpc) is 2.86. The van der Waals surface area contributed by atoms with Gasteiger partial charge in [0.25, 0.3) is 0 Å². The van der Waals surface area contributed by atoms with Crippen LogP contribution < -0.4 is 10.6 Å². The molecule has 1 rings (SSSR count). The minimum Gasteiger partial charge on any atom is -0.469 e. The molecule has 30 heavy (non-hydrogen) atoms. The number of hydrogen-bond acceptors (Lipinski definition) is 6. The normalized spacial score (nSPS) is 21.3. The van der Waals surface area contributed by atoms with Crippen LogP contribution in [0.2, 0.25) is 0 Å². The van der Waals surface area contributed by atoms with Crippen molar-refractivity contribution >= 4 is 18.0 Å². The van der Waals surface area contributed by atoms with Gasteiger partial charge in [0.15, 0.2) is 5.96 Å². The molecule has 0 saturated carbocycles. The number of hydrogen-bond donors (Lipinski definition) is 2. The third kappa shape index (κ3) is 8.38. The molecule has 0 aromatic carbocycles. The molecular weight excluding hydrogens is 388 g/mol. The van der Waals surface area contributed by atoms with Crippen LogP contribution in [-0.2, 0) is 19.0 Å². The fourth-order valence-electron chi connectivity index (χ4n) is 3.42. The van der Waals surface area contributed by atoms with E-state index >= 15 is 0 Å². The van der Waals surface area contributed by atoms with Gasteiger partial charge in [-0.3, -0.25) is 14.7 Å². The summed E-state index contributed by atoms with van der Waals surface area (Å²) in [5.41, 5.74) is -1.34. The summed E-state index contributed by atoms with van der Waals surface area (Å²) < 4.78 is 16.3. The SMILES string of the molecule is CN=C(NCCCCCC(=O)OC)NCC1C(C)OC(C)(C)N1C(=O)OC(C)(C)C. The number of ether oxygens (including phenoxy) is 3. The van der Waals surface area contributed by atoms with Gasteiger partial charge in [-0.1, -0.05) is 6.42 Å². The van der Waals surface area contributed by atoms with Crippen LogP contribution in [0.5, 0.6) is 0 Å². The standard InChI is InChI=1S/C21H40N4O5/c1-15-16(25(21(5,6)29-15)19(27)30-20(2,3)4)14-24-18(22-7)23-13-11-9-10-12-17(26)28-8/h15-16H,9-14H2,1-8H3,(H2,22,23,24). The first-order chi connectivity index (χ1) is 13.9. The van der Waals surface area contributed by atoms with Gasteiger partial charge in [0, 0.05) is 26.6 Å². The zero-order chi connectivity index (χ0) is 22.9. The number of amides is 1. The number of guanidine groups is 1. The molecule has 2 N–H and O–H groups in total. The second kappa shape index (κ2) is 11.4. The highest BCUT2D eigenvalue weighted by Gasteiger charge is 2.49. The molecule has 2 unspecified atom stereocenters. The Bertz CT molecular complexity index is 601. The molecule has 0 aliphatic carbocycles. The topological polar surface area (TPSA) is 101 Å². The Kier molecular flexibility index (Phi) is 9.87. The van der Waals surface area contributed by atoms with E-state index in [1.54, 1.807) is 11.9 Å². The van der Waals surface area contributed by atoms with Crippen molar-refractivity contribution in [2.75, 3.05) is 27.2 Å². The maximum atomic E-state index is 12.8. The van der Waals surface area contributed by atoms with Crippen molar-refractivity contribution in [1.82, 2.24) is 15.5 Å². The summed E-state index contributed by atoms with van der Waals surface area (Å²) in [6.45, 7) is 12.5. The molecule has 0 aromatic heterocycles. The predicted molar refractivity (Wildman–Crippen MR) is 116 cm³/mol. The monoisotopic (exact) mass is 428 g/mol. The molecule has 1 fully saturated rings. The van der Waals surface area contributed by atoms with Crippen molar-refractivity contribution < 1.29 is 23.8 Å². The van der Waals surface area contributed by atoms with E-state index in [1.807, 2.05) is 41.5 Å². The number of nitrogens with zero attached hydrogens (tertiary/aromatic N) is 2. The highest BCUT2D eigenvalue weighted by Crippen LogP contribution is 2.33. The molecule has 0 radical (unpaired) electrons. The second-order valence-electron chi connectivity index (χ2n) is 8.95. The van der Waals surface area contributed by atoms with Gasteiger partial charge in [0.05, 0.1) is 19.3 Å². The fraction of sp³-hybridized carbons (Fsp3) is 0.857. The summed E-state index contributed by atoms with van der Waals surface area (Å²) in [7, 11) is 3.11. The number of rotatable bonds is 8. The van der Waals surface area contributed by atoms with E-state index in [-0.39, 0.29) is 18.1 Å². The molecule has 9 heteroatoms. The Morgan fingerprint density at radius 3 is 2.40 bits per heavy atom. The lowest BCUT2D eigenvalue weighted by Crippen LogP contribution is -2.54. The molecule has 1 aliphatic rings. The summed E-state index contributed by atoms with van der Waals surface area (Å²) in [5, 5.41) is 6.54. The van der Waals surface area contributed by atoms with Crippen molar-refractivity contribution in [1.29, 1.82) is 0 Å². The van der Waals surface area contributed by atoms with E-state index in [2.05, 4.69) is 20.4 Å². The molecule has 174 valence electrons. The van der Waals surface area contributed by atoms with E-state index in [9.17, 15) is 9.59 Å². The maximum absolute atomic E-state index is 12.8. The first kappa shape index (κ1) is 26.0. The smallest absolute Gasteiger partial charge is 0.412 e. The Morgan fingerprint density at radius 2 is 1.83 bits per heavy atom. The minimum absolute atomic E-state index is 0.156. The van der Waals surface area contributed by atoms with Gasteiger partial charge >= 0.3 is 12.1 Å². The van der Waals surface area contributed by atoms with E-state index in [4.69, 9.17) is 9.47 Å². The van der Waals surface area contributed by atoms with Crippen molar-refractivity contribution in [3.05, 3.63) is 0 Å². The van der Waals surface area contributed by atoms with Gasteiger partial charge in [-0.25, -0.2) is 4.79 Å². The van der Waals surface area contributed by atoms with Gasteiger partial charge in [0.1, 0.15) is 11.3 Å². The number of nitrogens with one attached hydrogen (secondary N) is 2. The predicted octanol–water partition coefficient (Wildman–Crippen LogP) is 2.65. The Balaban J connectivity index is 2.55.